The molecule has 1 atom stereocenters. The van der Waals surface area contributed by atoms with E-state index in [1.165, 1.54) is 6.26 Å². The summed E-state index contributed by atoms with van der Waals surface area (Å²) in [5.41, 5.74) is 1.75. The van der Waals surface area contributed by atoms with E-state index in [1.807, 2.05) is 12.1 Å². The lowest BCUT2D eigenvalue weighted by molar-refractivity contribution is -0.138. The molecule has 0 aliphatic rings. The Morgan fingerprint density at radius 1 is 1.32 bits per heavy atom. The third-order valence-corrected chi connectivity index (χ3v) is 3.77. The van der Waals surface area contributed by atoms with Crippen molar-refractivity contribution in [2.75, 3.05) is 18.6 Å². The van der Waals surface area contributed by atoms with Crippen LogP contribution in [0.1, 0.15) is 24.0 Å². The Bertz CT molecular complexity index is 522. The standard InChI is InChI=1S/C13H19NO4S/c1-10(13(15)16)12-5-3-11(4-6-12)9-14-7-8-19(2,17)18/h3-6,10,14H,7-9H2,1-2H3,(H,15,16). The average molecular weight is 285 g/mol. The highest BCUT2D eigenvalue weighted by Gasteiger charge is 2.12. The molecule has 0 amide bonds. The van der Waals surface area contributed by atoms with Gasteiger partial charge in [-0.25, -0.2) is 8.42 Å². The van der Waals surface area contributed by atoms with Gasteiger partial charge in [0.25, 0.3) is 0 Å². The molecule has 6 heteroatoms. The number of hydrogen-bond donors (Lipinski definition) is 2. The number of carboxylic acid groups (broad SMARTS) is 1. The van der Waals surface area contributed by atoms with Crippen LogP contribution in [0.25, 0.3) is 0 Å². The fourth-order valence-electron chi connectivity index (χ4n) is 1.56. The third-order valence-electron chi connectivity index (χ3n) is 2.83. The van der Waals surface area contributed by atoms with Crippen LogP contribution in [-0.4, -0.2) is 38.0 Å². The first kappa shape index (κ1) is 15.7. The van der Waals surface area contributed by atoms with E-state index in [4.69, 9.17) is 5.11 Å². The number of hydrogen-bond acceptors (Lipinski definition) is 4. The van der Waals surface area contributed by atoms with Crippen molar-refractivity contribution in [3.05, 3.63) is 35.4 Å². The molecule has 0 saturated heterocycles. The summed E-state index contributed by atoms with van der Waals surface area (Å²) in [5, 5.41) is 11.9. The predicted molar refractivity (Wildman–Crippen MR) is 73.9 cm³/mol. The van der Waals surface area contributed by atoms with Crippen LogP contribution < -0.4 is 5.32 Å². The van der Waals surface area contributed by atoms with Crippen LogP contribution in [0, 0.1) is 0 Å². The first-order valence-corrected chi connectivity index (χ1v) is 8.06. The summed E-state index contributed by atoms with van der Waals surface area (Å²) in [7, 11) is -2.93. The molecule has 5 nitrogen and oxygen atoms in total. The van der Waals surface area contributed by atoms with E-state index in [9.17, 15) is 13.2 Å². The average Bonchev–Trinajstić information content (AvgIpc) is 2.33. The smallest absolute Gasteiger partial charge is 0.310 e. The lowest BCUT2D eigenvalue weighted by atomic mass is 10.0. The van der Waals surface area contributed by atoms with Gasteiger partial charge in [-0.1, -0.05) is 24.3 Å². The van der Waals surface area contributed by atoms with E-state index in [1.54, 1.807) is 19.1 Å². The predicted octanol–water partition coefficient (Wildman–Crippen LogP) is 1.01. The second kappa shape index (κ2) is 6.68. The van der Waals surface area contributed by atoms with Crippen molar-refractivity contribution in [2.45, 2.75) is 19.4 Å². The number of rotatable bonds is 7. The molecule has 1 unspecified atom stereocenters. The second-order valence-electron chi connectivity index (χ2n) is 4.61. The van der Waals surface area contributed by atoms with Crippen LogP contribution in [0.4, 0.5) is 0 Å². The first-order chi connectivity index (χ1) is 8.79. The van der Waals surface area contributed by atoms with Gasteiger partial charge in [0.1, 0.15) is 9.84 Å². The zero-order valence-corrected chi connectivity index (χ0v) is 11.9. The number of carbonyl (C=O) groups is 1. The van der Waals surface area contributed by atoms with Crippen molar-refractivity contribution < 1.29 is 18.3 Å². The molecule has 106 valence electrons. The topological polar surface area (TPSA) is 83.5 Å². The molecule has 1 aromatic carbocycles. The van der Waals surface area contributed by atoms with Crippen LogP contribution in [0.2, 0.25) is 0 Å². The molecular formula is C13H19NO4S. The van der Waals surface area contributed by atoms with Gasteiger partial charge < -0.3 is 10.4 Å². The SMILES string of the molecule is CC(C(=O)O)c1ccc(CNCCS(C)(=O)=O)cc1. The van der Waals surface area contributed by atoms with Crippen LogP contribution in [-0.2, 0) is 21.2 Å². The Kier molecular flexibility index (Phi) is 5.50. The molecule has 19 heavy (non-hydrogen) atoms. The molecule has 1 rings (SSSR count). The maximum absolute atomic E-state index is 10.9. The van der Waals surface area contributed by atoms with E-state index in [2.05, 4.69) is 5.32 Å². The van der Waals surface area contributed by atoms with E-state index >= 15 is 0 Å². The molecular weight excluding hydrogens is 266 g/mol. The Morgan fingerprint density at radius 2 is 1.89 bits per heavy atom. The number of nitrogens with one attached hydrogen (secondary N) is 1. The summed E-state index contributed by atoms with van der Waals surface area (Å²) in [6, 6.07) is 7.27. The normalized spacial score (nSPS) is 13.2. The largest absolute Gasteiger partial charge is 0.481 e. The molecule has 0 bridgehead atoms. The minimum atomic E-state index is -2.93. The maximum Gasteiger partial charge on any atom is 0.310 e. The van der Waals surface area contributed by atoms with Crippen LogP contribution in [0.15, 0.2) is 24.3 Å². The van der Waals surface area contributed by atoms with Gasteiger partial charge >= 0.3 is 5.97 Å². The maximum atomic E-state index is 10.9. The molecule has 0 saturated carbocycles. The minimum absolute atomic E-state index is 0.112. The molecule has 2 N–H and O–H groups in total. The van der Waals surface area contributed by atoms with Gasteiger partial charge in [-0.15, -0.1) is 0 Å². The monoisotopic (exact) mass is 285 g/mol. The molecule has 0 aromatic heterocycles. The van der Waals surface area contributed by atoms with Crippen LogP contribution >= 0.6 is 0 Å². The number of benzene rings is 1. The van der Waals surface area contributed by atoms with Crippen molar-refractivity contribution in [1.29, 1.82) is 0 Å². The summed E-state index contributed by atoms with van der Waals surface area (Å²) in [6.45, 7) is 2.62. The lowest BCUT2D eigenvalue weighted by Gasteiger charge is -2.08. The summed E-state index contributed by atoms with van der Waals surface area (Å²) in [5.74, 6) is -1.26. The van der Waals surface area contributed by atoms with Crippen molar-refractivity contribution in [3.63, 3.8) is 0 Å². The first-order valence-electron chi connectivity index (χ1n) is 5.99. The molecule has 0 aliphatic carbocycles. The van der Waals surface area contributed by atoms with Gasteiger partial charge in [-0.05, 0) is 18.1 Å². The highest BCUT2D eigenvalue weighted by molar-refractivity contribution is 7.90. The summed E-state index contributed by atoms with van der Waals surface area (Å²) >= 11 is 0. The summed E-state index contributed by atoms with van der Waals surface area (Å²) in [6.07, 6.45) is 1.21. The van der Waals surface area contributed by atoms with Crippen LogP contribution in [0.5, 0.6) is 0 Å². The van der Waals surface area contributed by atoms with Gasteiger partial charge in [0, 0.05) is 19.3 Å². The van der Waals surface area contributed by atoms with Crippen molar-refractivity contribution >= 4 is 15.8 Å². The van der Waals surface area contributed by atoms with Crippen LogP contribution in [0.3, 0.4) is 0 Å². The second-order valence-corrected chi connectivity index (χ2v) is 6.87. The summed E-state index contributed by atoms with van der Waals surface area (Å²) < 4.78 is 21.9. The van der Waals surface area contributed by atoms with Crippen molar-refractivity contribution in [3.8, 4) is 0 Å². The Balaban J connectivity index is 2.47. The zero-order chi connectivity index (χ0) is 14.5. The van der Waals surface area contributed by atoms with Gasteiger partial charge in [0.15, 0.2) is 0 Å². The Labute approximate surface area is 113 Å². The quantitative estimate of drug-likeness (QED) is 0.730. The molecule has 0 fully saturated rings. The fourth-order valence-corrected chi connectivity index (χ4v) is 2.07. The minimum Gasteiger partial charge on any atom is -0.481 e. The van der Waals surface area contributed by atoms with Crippen molar-refractivity contribution in [1.82, 2.24) is 5.32 Å². The zero-order valence-electron chi connectivity index (χ0n) is 11.1. The highest BCUT2D eigenvalue weighted by atomic mass is 32.2. The molecule has 0 spiro atoms. The molecule has 0 radical (unpaired) electrons. The van der Waals surface area contributed by atoms with Gasteiger partial charge in [-0.3, -0.25) is 4.79 Å². The number of carboxylic acids is 1. The summed E-state index contributed by atoms with van der Waals surface area (Å²) in [4.78, 5) is 10.8. The highest BCUT2D eigenvalue weighted by Crippen LogP contribution is 2.15. The van der Waals surface area contributed by atoms with Gasteiger partial charge in [-0.2, -0.15) is 0 Å². The van der Waals surface area contributed by atoms with Crippen molar-refractivity contribution in [2.24, 2.45) is 0 Å². The third kappa shape index (κ3) is 5.85. The Hall–Kier alpha value is -1.40. The Morgan fingerprint density at radius 3 is 2.37 bits per heavy atom. The van der Waals surface area contributed by atoms with E-state index in [-0.39, 0.29) is 5.75 Å². The lowest BCUT2D eigenvalue weighted by Crippen LogP contribution is -2.21. The van der Waals surface area contributed by atoms with E-state index in [0.29, 0.717) is 13.1 Å². The fraction of sp³-hybridized carbons (Fsp3) is 0.462. The number of aliphatic carboxylic acids is 1. The molecule has 0 heterocycles. The molecule has 0 aliphatic heterocycles. The van der Waals surface area contributed by atoms with E-state index < -0.39 is 21.7 Å². The van der Waals surface area contributed by atoms with Gasteiger partial charge in [0.2, 0.25) is 0 Å². The molecule has 1 aromatic rings. The number of sulfone groups is 1. The van der Waals surface area contributed by atoms with Gasteiger partial charge in [0.05, 0.1) is 11.7 Å². The van der Waals surface area contributed by atoms with E-state index in [0.717, 1.165) is 11.1 Å².